The van der Waals surface area contributed by atoms with Crippen LogP contribution in [-0.2, 0) is 0 Å². The fourth-order valence-corrected chi connectivity index (χ4v) is 3.58. The Morgan fingerprint density at radius 3 is 2.31 bits per heavy atom. The number of nitro benzene ring substituents is 2. The molecule has 0 aromatic heterocycles. The molecule has 0 heterocycles. The normalized spacial score (nSPS) is 10.6. The molecule has 0 fully saturated rings. The average molecular weight is 592 g/mol. The van der Waals surface area contributed by atoms with Crippen molar-refractivity contribution in [3.63, 3.8) is 0 Å². The Bertz CT molecular complexity index is 1310. The first-order chi connectivity index (χ1) is 16.7. The molecule has 3 aromatic rings. The third-order valence-corrected chi connectivity index (χ3v) is 5.36. The molecule has 3 rings (SSSR count). The first-order valence-corrected chi connectivity index (χ1v) is 10.8. The number of nitrogens with zero attached hydrogens (tertiary/aromatic N) is 3. The molecule has 0 saturated carbocycles. The van der Waals surface area contributed by atoms with Crippen LogP contribution in [0.1, 0.15) is 15.9 Å². The molecule has 0 radical (unpaired) electrons. The molecule has 180 valence electrons. The Balaban J connectivity index is 1.79. The maximum Gasteiger partial charge on any atom is 0.343 e. The van der Waals surface area contributed by atoms with Crippen molar-refractivity contribution in [3.05, 3.63) is 89.5 Å². The standard InChI is InChI=1S/C22H17IN4O8/c1-33-16-6-3-14(4-7-16)22(28)35-21-17(23)9-13(10-20(21)34-2)12-24-25-18-8-5-15(26(29)30)11-19(18)27(31)32/h3-12,25H,1-2H3/b24-12-. The van der Waals surface area contributed by atoms with Gasteiger partial charge in [-0.3, -0.25) is 25.7 Å². The van der Waals surface area contributed by atoms with Gasteiger partial charge in [-0.25, -0.2) is 4.79 Å². The molecule has 3 aromatic carbocycles. The molecule has 35 heavy (non-hydrogen) atoms. The van der Waals surface area contributed by atoms with Gasteiger partial charge in [-0.15, -0.1) is 0 Å². The van der Waals surface area contributed by atoms with Gasteiger partial charge in [0.25, 0.3) is 5.69 Å². The van der Waals surface area contributed by atoms with Crippen molar-refractivity contribution in [1.82, 2.24) is 0 Å². The van der Waals surface area contributed by atoms with E-state index in [9.17, 15) is 25.0 Å². The van der Waals surface area contributed by atoms with Crippen LogP contribution >= 0.6 is 22.6 Å². The molecule has 0 aliphatic rings. The number of nitrogens with one attached hydrogen (secondary N) is 1. The van der Waals surface area contributed by atoms with Gasteiger partial charge in [-0.2, -0.15) is 5.10 Å². The van der Waals surface area contributed by atoms with E-state index in [1.165, 1.54) is 26.5 Å². The molecule has 0 atom stereocenters. The summed E-state index contributed by atoms with van der Waals surface area (Å²) in [7, 11) is 2.93. The van der Waals surface area contributed by atoms with Crippen molar-refractivity contribution in [3.8, 4) is 17.2 Å². The number of hydrazone groups is 1. The number of carbonyl (C=O) groups is 1. The minimum absolute atomic E-state index is 0.0245. The maximum absolute atomic E-state index is 12.5. The van der Waals surface area contributed by atoms with Crippen LogP contribution in [0.25, 0.3) is 0 Å². The molecule has 0 aliphatic carbocycles. The third kappa shape index (κ3) is 6.20. The molecule has 0 aliphatic heterocycles. The predicted molar refractivity (Wildman–Crippen MR) is 135 cm³/mol. The predicted octanol–water partition coefficient (Wildman–Crippen LogP) is 4.79. The van der Waals surface area contributed by atoms with Crippen molar-refractivity contribution in [1.29, 1.82) is 0 Å². The molecule has 13 heteroatoms. The molecule has 0 spiro atoms. The summed E-state index contributed by atoms with van der Waals surface area (Å²) >= 11 is 1.97. The first kappa shape index (κ1) is 25.4. The van der Waals surface area contributed by atoms with Crippen molar-refractivity contribution in [2.45, 2.75) is 0 Å². The van der Waals surface area contributed by atoms with E-state index >= 15 is 0 Å². The molecule has 12 nitrogen and oxygen atoms in total. The molecule has 0 bridgehead atoms. The molecule has 0 saturated heterocycles. The van der Waals surface area contributed by atoms with Gasteiger partial charge in [0.05, 0.1) is 45.5 Å². The zero-order valence-corrected chi connectivity index (χ0v) is 20.4. The Morgan fingerprint density at radius 1 is 1.00 bits per heavy atom. The lowest BCUT2D eigenvalue weighted by Crippen LogP contribution is -2.10. The van der Waals surface area contributed by atoms with E-state index in [4.69, 9.17) is 14.2 Å². The lowest BCUT2D eigenvalue weighted by molar-refractivity contribution is -0.393. The number of esters is 1. The van der Waals surface area contributed by atoms with Gasteiger partial charge in [-0.1, -0.05) is 0 Å². The lowest BCUT2D eigenvalue weighted by Gasteiger charge is -2.12. The van der Waals surface area contributed by atoms with Gasteiger partial charge in [-0.05, 0) is 70.6 Å². The van der Waals surface area contributed by atoms with Crippen molar-refractivity contribution in [2.75, 3.05) is 19.6 Å². The van der Waals surface area contributed by atoms with Crippen LogP contribution in [0.5, 0.6) is 17.2 Å². The highest BCUT2D eigenvalue weighted by Gasteiger charge is 2.20. The van der Waals surface area contributed by atoms with Crippen LogP contribution in [0.2, 0.25) is 0 Å². The quantitative estimate of drug-likeness (QED) is 0.0922. The number of rotatable bonds is 9. The molecule has 1 N–H and O–H groups in total. The number of hydrogen-bond acceptors (Lipinski definition) is 10. The largest absolute Gasteiger partial charge is 0.497 e. The lowest BCUT2D eigenvalue weighted by atomic mass is 10.2. The molecular formula is C22H17IN4O8. The monoisotopic (exact) mass is 592 g/mol. The number of non-ortho nitro benzene ring substituents is 1. The average Bonchev–Trinajstić information content (AvgIpc) is 2.85. The number of carbonyl (C=O) groups excluding carboxylic acids is 1. The van der Waals surface area contributed by atoms with Gasteiger partial charge < -0.3 is 14.2 Å². The fourth-order valence-electron chi connectivity index (χ4n) is 2.85. The fraction of sp³-hybridized carbons (Fsp3) is 0.0909. The van der Waals surface area contributed by atoms with E-state index in [0.29, 0.717) is 20.4 Å². The summed E-state index contributed by atoms with van der Waals surface area (Å²) in [5.41, 5.74) is 2.44. The van der Waals surface area contributed by atoms with Crippen molar-refractivity contribution < 1.29 is 28.9 Å². The SMILES string of the molecule is COc1ccc(C(=O)Oc2c(I)cc(/C=N\Nc3ccc([N+](=O)[O-])cc3[N+](=O)[O-])cc2OC)cc1. The molecular weight excluding hydrogens is 575 g/mol. The molecule has 0 amide bonds. The van der Waals surface area contributed by atoms with Crippen molar-refractivity contribution >= 4 is 51.8 Å². The van der Waals surface area contributed by atoms with Crippen LogP contribution in [0.15, 0.2) is 59.7 Å². The van der Waals surface area contributed by atoms with E-state index in [-0.39, 0.29) is 17.2 Å². The van der Waals surface area contributed by atoms with Gasteiger partial charge in [0.1, 0.15) is 11.4 Å². The van der Waals surface area contributed by atoms with E-state index in [1.54, 1.807) is 36.4 Å². The number of halogens is 1. The number of nitro groups is 2. The summed E-state index contributed by atoms with van der Waals surface area (Å²) in [6.07, 6.45) is 1.37. The summed E-state index contributed by atoms with van der Waals surface area (Å²) in [6, 6.07) is 12.8. The summed E-state index contributed by atoms with van der Waals surface area (Å²) in [5.74, 6) is 0.494. The highest BCUT2D eigenvalue weighted by Crippen LogP contribution is 2.34. The Kier molecular flexibility index (Phi) is 8.14. The smallest absolute Gasteiger partial charge is 0.343 e. The number of methoxy groups -OCH3 is 2. The molecule has 0 unspecified atom stereocenters. The number of hydrogen-bond donors (Lipinski definition) is 1. The number of anilines is 1. The summed E-state index contributed by atoms with van der Waals surface area (Å²) < 4.78 is 16.5. The van der Waals surface area contributed by atoms with Gasteiger partial charge >= 0.3 is 11.7 Å². The van der Waals surface area contributed by atoms with Crippen LogP contribution < -0.4 is 19.6 Å². The first-order valence-electron chi connectivity index (χ1n) is 9.69. The van der Waals surface area contributed by atoms with Crippen LogP contribution in [0, 0.1) is 23.8 Å². The Hall–Kier alpha value is -4.27. The summed E-state index contributed by atoms with van der Waals surface area (Å²) in [6.45, 7) is 0. The number of ether oxygens (including phenoxy) is 3. The van der Waals surface area contributed by atoms with Crippen molar-refractivity contribution in [2.24, 2.45) is 5.10 Å². The maximum atomic E-state index is 12.5. The second-order valence-corrected chi connectivity index (χ2v) is 7.90. The zero-order chi connectivity index (χ0) is 25.5. The second kappa shape index (κ2) is 11.2. The van der Waals surface area contributed by atoms with E-state index in [0.717, 1.165) is 12.1 Å². The zero-order valence-electron chi connectivity index (χ0n) is 18.3. The van der Waals surface area contributed by atoms with Crippen LogP contribution in [-0.4, -0.2) is 36.3 Å². The third-order valence-electron chi connectivity index (χ3n) is 4.56. The highest BCUT2D eigenvalue weighted by molar-refractivity contribution is 14.1. The minimum Gasteiger partial charge on any atom is -0.497 e. The Labute approximate surface area is 211 Å². The highest BCUT2D eigenvalue weighted by atomic mass is 127. The summed E-state index contributed by atoms with van der Waals surface area (Å²) in [5, 5.41) is 26.1. The second-order valence-electron chi connectivity index (χ2n) is 6.74. The van der Waals surface area contributed by atoms with Gasteiger partial charge in [0.15, 0.2) is 11.5 Å². The van der Waals surface area contributed by atoms with Gasteiger partial charge in [0, 0.05) is 6.07 Å². The van der Waals surface area contributed by atoms with Crippen LogP contribution in [0.3, 0.4) is 0 Å². The summed E-state index contributed by atoms with van der Waals surface area (Å²) in [4.78, 5) is 33.2. The van der Waals surface area contributed by atoms with Gasteiger partial charge in [0.2, 0.25) is 0 Å². The van der Waals surface area contributed by atoms with Crippen LogP contribution in [0.4, 0.5) is 17.1 Å². The number of benzene rings is 3. The van der Waals surface area contributed by atoms with E-state index < -0.39 is 27.2 Å². The Morgan fingerprint density at radius 2 is 1.71 bits per heavy atom. The topological polar surface area (TPSA) is 155 Å². The van der Waals surface area contributed by atoms with E-state index in [1.807, 2.05) is 22.6 Å². The minimum atomic E-state index is -0.747. The van der Waals surface area contributed by atoms with E-state index in [2.05, 4.69) is 10.5 Å².